The molecule has 1 aromatic heterocycles. The third kappa shape index (κ3) is 2.41. The monoisotopic (exact) mass is 157 g/mol. The van der Waals surface area contributed by atoms with Gasteiger partial charge in [0.05, 0.1) is 23.6 Å². The number of nitrogens with zero attached hydrogens (tertiary/aromatic N) is 2. The summed E-state index contributed by atoms with van der Waals surface area (Å²) < 4.78 is 8.00. The zero-order valence-corrected chi connectivity index (χ0v) is 6.82. The molecule has 0 bridgehead atoms. The van der Waals surface area contributed by atoms with Gasteiger partial charge in [0.2, 0.25) is 0 Å². The second-order valence-electron chi connectivity index (χ2n) is 2.11. The molecule has 10 heavy (non-hydrogen) atoms. The highest BCUT2D eigenvalue weighted by atomic mass is 32.1. The molecule has 4 heteroatoms. The molecule has 1 heterocycles. The van der Waals surface area contributed by atoms with Gasteiger partial charge in [-0.05, 0) is 26.4 Å². The maximum absolute atomic E-state index is 4.09. The summed E-state index contributed by atoms with van der Waals surface area (Å²) in [6.45, 7) is 1.05. The van der Waals surface area contributed by atoms with Crippen molar-refractivity contribution in [3.05, 3.63) is 11.9 Å². The molecule has 3 nitrogen and oxygen atoms in total. The summed E-state index contributed by atoms with van der Waals surface area (Å²) in [5, 5.41) is 3.09. The van der Waals surface area contributed by atoms with Crippen LogP contribution in [-0.4, -0.2) is 22.3 Å². The summed E-state index contributed by atoms with van der Waals surface area (Å²) in [6, 6.07) is 0. The summed E-state index contributed by atoms with van der Waals surface area (Å²) in [7, 11) is 1.96. The van der Waals surface area contributed by atoms with Gasteiger partial charge in [0.15, 0.2) is 0 Å². The molecule has 0 aliphatic rings. The molecule has 0 aliphatic heterocycles. The highest BCUT2D eigenvalue weighted by Gasteiger charge is 1.93. The van der Waals surface area contributed by atoms with E-state index in [0.29, 0.717) is 0 Å². The van der Waals surface area contributed by atoms with Gasteiger partial charge in [0.1, 0.15) is 0 Å². The maximum atomic E-state index is 4.09. The number of rotatable bonds is 4. The standard InChI is InChI=1S/C6H11N3S/c1-7-4-2-3-6-5-8-10-9-6/h5,7H,2-4H2,1H3. The minimum atomic E-state index is 1.04. The molecule has 0 amide bonds. The summed E-state index contributed by atoms with van der Waals surface area (Å²) in [6.07, 6.45) is 4.01. The van der Waals surface area contributed by atoms with E-state index < -0.39 is 0 Å². The van der Waals surface area contributed by atoms with Crippen molar-refractivity contribution < 1.29 is 0 Å². The Kier molecular flexibility index (Phi) is 3.32. The molecule has 0 aromatic carbocycles. The Balaban J connectivity index is 2.15. The smallest absolute Gasteiger partial charge is 0.0743 e. The molecule has 0 aliphatic carbocycles. The first-order valence-electron chi connectivity index (χ1n) is 3.34. The Bertz CT molecular complexity index is 162. The number of hydrogen-bond acceptors (Lipinski definition) is 4. The lowest BCUT2D eigenvalue weighted by molar-refractivity contribution is 0.718. The highest BCUT2D eigenvalue weighted by Crippen LogP contribution is 1.97. The topological polar surface area (TPSA) is 37.8 Å². The number of aryl methyl sites for hydroxylation is 1. The van der Waals surface area contributed by atoms with E-state index in [0.717, 1.165) is 25.1 Å². The second kappa shape index (κ2) is 4.35. The largest absolute Gasteiger partial charge is 0.320 e. The summed E-state index contributed by atoms with van der Waals surface area (Å²) >= 11 is 1.28. The van der Waals surface area contributed by atoms with Crippen molar-refractivity contribution in [3.8, 4) is 0 Å². The first-order chi connectivity index (χ1) is 4.93. The Labute approximate surface area is 64.8 Å². The Morgan fingerprint density at radius 3 is 3.20 bits per heavy atom. The van der Waals surface area contributed by atoms with E-state index in [1.807, 2.05) is 13.2 Å². The fourth-order valence-electron chi connectivity index (χ4n) is 0.740. The van der Waals surface area contributed by atoms with Crippen LogP contribution in [0.5, 0.6) is 0 Å². The Morgan fingerprint density at radius 1 is 1.70 bits per heavy atom. The van der Waals surface area contributed by atoms with Crippen LogP contribution in [0.1, 0.15) is 12.1 Å². The van der Waals surface area contributed by atoms with E-state index in [1.54, 1.807) is 0 Å². The molecular weight excluding hydrogens is 146 g/mol. The van der Waals surface area contributed by atoms with Crippen molar-refractivity contribution in [2.75, 3.05) is 13.6 Å². The van der Waals surface area contributed by atoms with E-state index in [9.17, 15) is 0 Å². The Hall–Kier alpha value is -0.480. The van der Waals surface area contributed by atoms with Gasteiger partial charge in [-0.25, -0.2) is 0 Å². The number of nitrogens with one attached hydrogen (secondary N) is 1. The number of aromatic nitrogens is 2. The molecule has 0 atom stereocenters. The average Bonchev–Trinajstić information content (AvgIpc) is 2.41. The fraction of sp³-hybridized carbons (Fsp3) is 0.667. The van der Waals surface area contributed by atoms with Gasteiger partial charge < -0.3 is 5.32 Å². The lowest BCUT2D eigenvalue weighted by atomic mass is 10.2. The van der Waals surface area contributed by atoms with Crippen molar-refractivity contribution in [1.82, 2.24) is 14.1 Å². The van der Waals surface area contributed by atoms with E-state index in [4.69, 9.17) is 0 Å². The van der Waals surface area contributed by atoms with Crippen LogP contribution in [0, 0.1) is 0 Å². The molecule has 0 radical (unpaired) electrons. The fourth-order valence-corrected chi connectivity index (χ4v) is 1.20. The molecule has 0 fully saturated rings. The predicted octanol–water partition coefficient (Wildman–Crippen LogP) is 0.690. The van der Waals surface area contributed by atoms with Crippen LogP contribution >= 0.6 is 11.7 Å². The van der Waals surface area contributed by atoms with Crippen molar-refractivity contribution in [2.45, 2.75) is 12.8 Å². The van der Waals surface area contributed by atoms with Crippen molar-refractivity contribution >= 4 is 11.7 Å². The van der Waals surface area contributed by atoms with Crippen LogP contribution < -0.4 is 5.32 Å². The third-order valence-corrected chi connectivity index (χ3v) is 1.78. The molecule has 1 rings (SSSR count). The van der Waals surface area contributed by atoms with Gasteiger partial charge in [0.25, 0.3) is 0 Å². The highest BCUT2D eigenvalue weighted by molar-refractivity contribution is 6.99. The molecule has 1 N–H and O–H groups in total. The second-order valence-corrected chi connectivity index (χ2v) is 2.66. The van der Waals surface area contributed by atoms with Crippen molar-refractivity contribution in [3.63, 3.8) is 0 Å². The van der Waals surface area contributed by atoms with Crippen LogP contribution in [0.15, 0.2) is 6.20 Å². The van der Waals surface area contributed by atoms with Gasteiger partial charge in [-0.2, -0.15) is 8.75 Å². The minimum absolute atomic E-state index is 1.04. The van der Waals surface area contributed by atoms with Crippen LogP contribution in [0.3, 0.4) is 0 Å². The predicted molar refractivity (Wildman–Crippen MR) is 42.2 cm³/mol. The maximum Gasteiger partial charge on any atom is 0.0743 e. The summed E-state index contributed by atoms with van der Waals surface area (Å²) in [5.74, 6) is 0. The molecule has 56 valence electrons. The average molecular weight is 157 g/mol. The van der Waals surface area contributed by atoms with Crippen LogP contribution in [0.25, 0.3) is 0 Å². The molecular formula is C6H11N3S. The van der Waals surface area contributed by atoms with E-state index in [-0.39, 0.29) is 0 Å². The first kappa shape index (κ1) is 7.63. The SMILES string of the molecule is CNCCCc1cnsn1. The van der Waals surface area contributed by atoms with Crippen LogP contribution in [0.4, 0.5) is 0 Å². The van der Waals surface area contributed by atoms with Gasteiger partial charge in [-0.1, -0.05) is 0 Å². The minimum Gasteiger partial charge on any atom is -0.320 e. The lowest BCUT2D eigenvalue weighted by Crippen LogP contribution is -2.08. The Morgan fingerprint density at radius 2 is 2.60 bits per heavy atom. The van der Waals surface area contributed by atoms with E-state index >= 15 is 0 Å². The van der Waals surface area contributed by atoms with Crippen molar-refractivity contribution in [2.24, 2.45) is 0 Å². The molecule has 0 saturated heterocycles. The molecule has 1 aromatic rings. The number of hydrogen-bond donors (Lipinski definition) is 1. The lowest BCUT2D eigenvalue weighted by Gasteiger charge is -1.94. The van der Waals surface area contributed by atoms with Gasteiger partial charge in [-0.15, -0.1) is 0 Å². The van der Waals surface area contributed by atoms with Gasteiger partial charge in [-0.3, -0.25) is 0 Å². The van der Waals surface area contributed by atoms with Crippen molar-refractivity contribution in [1.29, 1.82) is 0 Å². The molecule has 0 unspecified atom stereocenters. The van der Waals surface area contributed by atoms with E-state index in [1.165, 1.54) is 11.7 Å². The zero-order chi connectivity index (χ0) is 7.23. The quantitative estimate of drug-likeness (QED) is 0.653. The van der Waals surface area contributed by atoms with Gasteiger partial charge >= 0.3 is 0 Å². The molecule has 0 saturated carbocycles. The van der Waals surface area contributed by atoms with Crippen LogP contribution in [0.2, 0.25) is 0 Å². The summed E-state index contributed by atoms with van der Waals surface area (Å²) in [4.78, 5) is 0. The third-order valence-electron chi connectivity index (χ3n) is 1.27. The summed E-state index contributed by atoms with van der Waals surface area (Å²) in [5.41, 5.74) is 1.11. The van der Waals surface area contributed by atoms with E-state index in [2.05, 4.69) is 14.1 Å². The molecule has 0 spiro atoms. The van der Waals surface area contributed by atoms with Crippen LogP contribution in [-0.2, 0) is 6.42 Å². The van der Waals surface area contributed by atoms with Gasteiger partial charge in [0, 0.05) is 0 Å². The normalized spacial score (nSPS) is 10.1. The zero-order valence-electron chi connectivity index (χ0n) is 6.00. The first-order valence-corrected chi connectivity index (χ1v) is 4.07.